The number of nitrogens with zero attached hydrogens (tertiary/aromatic N) is 1. The Morgan fingerprint density at radius 2 is 1.50 bits per heavy atom. The van der Waals surface area contributed by atoms with E-state index >= 15 is 0 Å². The third-order valence-corrected chi connectivity index (χ3v) is 8.71. The number of aliphatic hydroxyl groups is 2. The van der Waals surface area contributed by atoms with E-state index in [-0.39, 0.29) is 53.1 Å². The fourth-order valence-electron chi connectivity index (χ4n) is 5.79. The number of nitrogens with one attached hydrogen (secondary N) is 1. The van der Waals surface area contributed by atoms with Gasteiger partial charge in [-0.05, 0) is 18.2 Å². The number of carbonyl (C=O) groups is 2. The molecule has 0 aliphatic carbocycles. The number of rotatable bonds is 2. The third kappa shape index (κ3) is 3.13. The standard InChI is InChI=1S/C26H16F5N3O5S/c27-8-1-6-12(3-10(8)29)34(26-22(36)21(35)19(31)13(5-32)39-26)20-15(6)17-18(25(38)33-24(17)37)16-7-2-9(28)11(30)4-14(7)40-23(16)20/h1-4,13,19,21-22,26,35-36H,5,32H2,(H,33,37,38)/t13-,19-,21+,22-,26?/m1/s1. The number of carbonyl (C=O) groups excluding carboxylic acids is 2. The first kappa shape index (κ1) is 25.3. The number of ether oxygens (including phenoxy) is 1. The molecule has 2 aromatic heterocycles. The van der Waals surface area contributed by atoms with Gasteiger partial charge in [-0.1, -0.05) is 0 Å². The van der Waals surface area contributed by atoms with Gasteiger partial charge in [-0.15, -0.1) is 11.3 Å². The minimum absolute atomic E-state index is 0.00458. The number of hydrogen-bond acceptors (Lipinski definition) is 7. The molecule has 1 saturated heterocycles. The summed E-state index contributed by atoms with van der Waals surface area (Å²) in [5.74, 6) is -6.72. The summed E-state index contributed by atoms with van der Waals surface area (Å²) >= 11 is 0.889. The highest BCUT2D eigenvalue weighted by Crippen LogP contribution is 2.49. The molecule has 4 heterocycles. The van der Waals surface area contributed by atoms with E-state index in [0.29, 0.717) is 0 Å². The first-order valence-corrected chi connectivity index (χ1v) is 12.8. The van der Waals surface area contributed by atoms with Crippen LogP contribution in [-0.2, 0) is 4.74 Å². The molecule has 5 aromatic rings. The number of halogens is 5. The predicted octanol–water partition coefficient (Wildman–Crippen LogP) is 3.52. The largest absolute Gasteiger partial charge is 0.387 e. The highest BCUT2D eigenvalue weighted by Gasteiger charge is 2.47. The number of hydrogen-bond donors (Lipinski definition) is 4. The van der Waals surface area contributed by atoms with Crippen LogP contribution in [0.3, 0.4) is 0 Å². The van der Waals surface area contributed by atoms with E-state index in [1.165, 1.54) is 0 Å². The Morgan fingerprint density at radius 3 is 2.17 bits per heavy atom. The molecule has 5 atom stereocenters. The van der Waals surface area contributed by atoms with Crippen LogP contribution < -0.4 is 11.1 Å². The van der Waals surface area contributed by atoms with Gasteiger partial charge in [-0.25, -0.2) is 22.0 Å². The maximum absolute atomic E-state index is 14.7. The SMILES string of the molecule is NC[C@H]1OC(n2c3cc(F)c(F)cc3c3c4c(c5c6cc(F)c(F)cc6sc5c32)C(=O)NC4=O)[C@H](O)[C@@H](O)[C@@H]1F. The monoisotopic (exact) mass is 577 g/mol. The van der Waals surface area contributed by atoms with Crippen LogP contribution in [0.5, 0.6) is 0 Å². The Morgan fingerprint density at radius 1 is 0.900 bits per heavy atom. The van der Waals surface area contributed by atoms with Crippen molar-refractivity contribution < 1.29 is 46.5 Å². The number of benzene rings is 3. The molecule has 2 aliphatic heterocycles. The van der Waals surface area contributed by atoms with Crippen molar-refractivity contribution in [3.63, 3.8) is 0 Å². The van der Waals surface area contributed by atoms with Crippen molar-refractivity contribution in [3.05, 3.63) is 58.7 Å². The van der Waals surface area contributed by atoms with Gasteiger partial charge in [-0.3, -0.25) is 14.9 Å². The number of aliphatic hydroxyl groups excluding tert-OH is 2. The second kappa shape index (κ2) is 8.41. The van der Waals surface area contributed by atoms with Crippen molar-refractivity contribution in [3.8, 4) is 0 Å². The average molecular weight is 577 g/mol. The quantitative estimate of drug-likeness (QED) is 0.188. The zero-order valence-electron chi connectivity index (χ0n) is 19.8. The number of thiophene rings is 1. The van der Waals surface area contributed by atoms with Crippen LogP contribution in [0.1, 0.15) is 26.9 Å². The molecule has 206 valence electrons. The smallest absolute Gasteiger partial charge is 0.259 e. The summed E-state index contributed by atoms with van der Waals surface area (Å²) in [6, 6.07) is 3.34. The second-order valence-corrected chi connectivity index (χ2v) is 10.8. The van der Waals surface area contributed by atoms with Crippen LogP contribution >= 0.6 is 11.3 Å². The molecule has 2 amide bonds. The number of nitrogens with two attached hydrogens (primary N) is 1. The second-order valence-electron chi connectivity index (χ2n) is 9.71. The molecule has 1 fully saturated rings. The minimum atomic E-state index is -2.08. The molecule has 0 bridgehead atoms. The predicted molar refractivity (Wildman–Crippen MR) is 134 cm³/mol. The molecule has 0 saturated carbocycles. The van der Waals surface area contributed by atoms with Crippen LogP contribution in [0.2, 0.25) is 0 Å². The van der Waals surface area contributed by atoms with E-state index in [4.69, 9.17) is 10.5 Å². The molecule has 2 aliphatic rings. The van der Waals surface area contributed by atoms with Crippen LogP contribution in [0, 0.1) is 23.3 Å². The summed E-state index contributed by atoms with van der Waals surface area (Å²) in [7, 11) is 0. The van der Waals surface area contributed by atoms with E-state index in [1.54, 1.807) is 0 Å². The third-order valence-electron chi connectivity index (χ3n) is 7.55. The molecule has 8 nitrogen and oxygen atoms in total. The fraction of sp³-hybridized carbons (Fsp3) is 0.231. The van der Waals surface area contributed by atoms with E-state index in [9.17, 15) is 41.8 Å². The van der Waals surface area contributed by atoms with Gasteiger partial charge >= 0.3 is 0 Å². The van der Waals surface area contributed by atoms with Crippen LogP contribution in [-0.4, -0.2) is 57.6 Å². The van der Waals surface area contributed by atoms with E-state index < -0.39 is 72.3 Å². The topological polar surface area (TPSA) is 127 Å². The van der Waals surface area contributed by atoms with Crippen molar-refractivity contribution in [2.75, 3.05) is 6.54 Å². The average Bonchev–Trinajstić information content (AvgIpc) is 3.52. The minimum Gasteiger partial charge on any atom is -0.387 e. The Labute approximate surface area is 223 Å². The lowest BCUT2D eigenvalue weighted by atomic mass is 9.96. The highest BCUT2D eigenvalue weighted by molar-refractivity contribution is 7.26. The lowest BCUT2D eigenvalue weighted by Crippen LogP contribution is -2.55. The first-order valence-electron chi connectivity index (χ1n) is 11.9. The van der Waals surface area contributed by atoms with E-state index in [0.717, 1.165) is 40.2 Å². The van der Waals surface area contributed by atoms with Crippen molar-refractivity contribution >= 4 is 65.1 Å². The number of alkyl halides is 1. The lowest BCUT2D eigenvalue weighted by molar-refractivity contribution is -0.223. The van der Waals surface area contributed by atoms with Crippen LogP contribution in [0.25, 0.3) is 42.0 Å². The number of amides is 2. The molecular weight excluding hydrogens is 561 g/mol. The zero-order valence-corrected chi connectivity index (χ0v) is 20.7. The van der Waals surface area contributed by atoms with E-state index in [2.05, 4.69) is 5.32 Å². The summed E-state index contributed by atoms with van der Waals surface area (Å²) in [6.45, 7) is -0.412. The van der Waals surface area contributed by atoms with E-state index in [1.807, 2.05) is 0 Å². The molecule has 40 heavy (non-hydrogen) atoms. The molecule has 0 radical (unpaired) electrons. The van der Waals surface area contributed by atoms with Crippen LogP contribution in [0.15, 0.2) is 24.3 Å². The zero-order chi connectivity index (χ0) is 28.4. The molecular formula is C26H16F5N3O5S. The van der Waals surface area contributed by atoms with Gasteiger partial charge in [0.2, 0.25) is 0 Å². The Hall–Kier alpha value is -3.69. The van der Waals surface area contributed by atoms with Gasteiger partial charge in [0.25, 0.3) is 11.8 Å². The summed E-state index contributed by atoms with van der Waals surface area (Å²) in [5, 5.41) is 23.6. The Bertz CT molecular complexity index is 1970. The maximum Gasteiger partial charge on any atom is 0.259 e. The van der Waals surface area contributed by atoms with Gasteiger partial charge in [0.05, 0.1) is 26.9 Å². The van der Waals surface area contributed by atoms with Gasteiger partial charge in [0.1, 0.15) is 18.3 Å². The van der Waals surface area contributed by atoms with Crippen molar-refractivity contribution in [1.29, 1.82) is 0 Å². The first-order chi connectivity index (χ1) is 19.0. The molecule has 14 heteroatoms. The fourth-order valence-corrected chi connectivity index (χ4v) is 7.06. The lowest BCUT2D eigenvalue weighted by Gasteiger charge is -2.40. The van der Waals surface area contributed by atoms with Crippen LogP contribution in [0.4, 0.5) is 22.0 Å². The normalized spacial score (nSPS) is 25.1. The van der Waals surface area contributed by atoms with Crippen molar-refractivity contribution in [1.82, 2.24) is 9.88 Å². The number of aromatic nitrogens is 1. The van der Waals surface area contributed by atoms with Gasteiger partial charge in [-0.2, -0.15) is 0 Å². The highest BCUT2D eigenvalue weighted by atomic mass is 32.1. The Kier molecular flexibility index (Phi) is 5.32. The summed E-state index contributed by atoms with van der Waals surface area (Å²) in [6.07, 6.45) is -9.08. The summed E-state index contributed by atoms with van der Waals surface area (Å²) < 4.78 is 79.8. The Balaban J connectivity index is 1.74. The molecule has 5 N–H and O–H groups in total. The van der Waals surface area contributed by atoms with Gasteiger partial charge in [0.15, 0.2) is 35.7 Å². The maximum atomic E-state index is 14.7. The molecule has 1 unspecified atom stereocenters. The molecule has 3 aromatic carbocycles. The number of imide groups is 1. The summed E-state index contributed by atoms with van der Waals surface area (Å²) in [5.41, 5.74) is 5.08. The van der Waals surface area contributed by atoms with Gasteiger partial charge in [0, 0.05) is 38.9 Å². The molecule has 7 rings (SSSR count). The van der Waals surface area contributed by atoms with Crippen molar-refractivity contribution in [2.24, 2.45) is 5.73 Å². The summed E-state index contributed by atoms with van der Waals surface area (Å²) in [4.78, 5) is 26.1. The number of fused-ring (bicyclic) bond motifs is 10. The molecule has 0 spiro atoms. The van der Waals surface area contributed by atoms with Gasteiger partial charge < -0.3 is 25.3 Å². The van der Waals surface area contributed by atoms with Crippen molar-refractivity contribution in [2.45, 2.75) is 30.7 Å².